The molecule has 0 radical (unpaired) electrons. The predicted molar refractivity (Wildman–Crippen MR) is 153 cm³/mol. The summed E-state index contributed by atoms with van der Waals surface area (Å²) in [7, 11) is 1.66. The Morgan fingerprint density at radius 1 is 1.05 bits per heavy atom. The summed E-state index contributed by atoms with van der Waals surface area (Å²) in [6.45, 7) is 4.12. The van der Waals surface area contributed by atoms with Crippen molar-refractivity contribution in [2.75, 3.05) is 33.3 Å². The lowest BCUT2D eigenvalue weighted by Crippen LogP contribution is -2.45. The molecule has 6 nitrogen and oxygen atoms in total. The summed E-state index contributed by atoms with van der Waals surface area (Å²) in [6, 6.07) is 13.5. The van der Waals surface area contributed by atoms with E-state index in [2.05, 4.69) is 10.2 Å². The highest BCUT2D eigenvalue weighted by Crippen LogP contribution is 2.42. The SMILES string of the molecule is COc1ccc(CN2CCC3(CCN(CCC(NC(=O)C4CC4)c4ccc(Cl)c(Cl)c4)CC3)C2=O)cc1.Cl. The van der Waals surface area contributed by atoms with Crippen LogP contribution in [0, 0.1) is 11.3 Å². The van der Waals surface area contributed by atoms with Crippen molar-refractivity contribution in [2.45, 2.75) is 51.1 Å². The Labute approximate surface area is 241 Å². The van der Waals surface area contributed by atoms with Gasteiger partial charge in [-0.25, -0.2) is 0 Å². The smallest absolute Gasteiger partial charge is 0.229 e. The number of rotatable bonds is 9. The molecular weight excluding hydrogens is 545 g/mol. The normalized spacial score (nSPS) is 19.8. The molecule has 1 saturated carbocycles. The van der Waals surface area contributed by atoms with E-state index in [0.29, 0.717) is 22.5 Å². The fourth-order valence-corrected chi connectivity index (χ4v) is 5.97. The van der Waals surface area contributed by atoms with Gasteiger partial charge in [0.05, 0.1) is 28.6 Å². The minimum atomic E-state index is -0.230. The van der Waals surface area contributed by atoms with E-state index in [1.54, 1.807) is 13.2 Å². The van der Waals surface area contributed by atoms with E-state index < -0.39 is 0 Å². The maximum atomic E-state index is 13.4. The van der Waals surface area contributed by atoms with E-state index in [-0.39, 0.29) is 35.7 Å². The lowest BCUT2D eigenvalue weighted by Gasteiger charge is -2.38. The van der Waals surface area contributed by atoms with Gasteiger partial charge in [-0.15, -0.1) is 12.4 Å². The van der Waals surface area contributed by atoms with Crippen LogP contribution in [0.5, 0.6) is 5.75 Å². The van der Waals surface area contributed by atoms with Crippen molar-refractivity contribution in [2.24, 2.45) is 11.3 Å². The van der Waals surface area contributed by atoms with Gasteiger partial charge >= 0.3 is 0 Å². The van der Waals surface area contributed by atoms with Gasteiger partial charge in [-0.1, -0.05) is 41.4 Å². The molecule has 0 bridgehead atoms. The molecule has 3 aliphatic rings. The molecule has 9 heteroatoms. The zero-order chi connectivity index (χ0) is 26.0. The second-order valence-corrected chi connectivity index (χ2v) is 11.6. The van der Waals surface area contributed by atoms with Gasteiger partial charge in [-0.3, -0.25) is 9.59 Å². The first kappa shape index (κ1) is 29.0. The molecule has 3 fully saturated rings. The predicted octanol–water partition coefficient (Wildman–Crippen LogP) is 5.90. The van der Waals surface area contributed by atoms with Crippen LogP contribution in [0.15, 0.2) is 42.5 Å². The number of nitrogens with one attached hydrogen (secondary N) is 1. The molecule has 2 aromatic carbocycles. The standard InChI is InChI=1S/C29H35Cl2N3O3.ClH/c1-37-23-7-2-20(3-8-23)19-34-17-13-29(28(34)36)11-15-33(16-12-29)14-10-26(32-27(35)21-4-5-21)22-6-9-24(30)25(31)18-22;/h2-3,6-9,18,21,26H,4-5,10-17,19H2,1H3,(H,32,35);1H. The van der Waals surface area contributed by atoms with Gasteiger partial charge in [-0.05, 0) is 87.0 Å². The summed E-state index contributed by atoms with van der Waals surface area (Å²) in [5.41, 5.74) is 1.88. The van der Waals surface area contributed by atoms with Gasteiger partial charge in [0, 0.05) is 25.6 Å². The van der Waals surface area contributed by atoms with E-state index in [1.165, 1.54) is 0 Å². The van der Waals surface area contributed by atoms with Crippen LogP contribution < -0.4 is 10.1 Å². The molecule has 5 rings (SSSR count). The van der Waals surface area contributed by atoms with Gasteiger partial charge in [0.2, 0.25) is 11.8 Å². The number of amides is 2. The Balaban J connectivity index is 0.00000336. The van der Waals surface area contributed by atoms with Crippen molar-refractivity contribution in [3.63, 3.8) is 0 Å². The fraction of sp³-hybridized carbons (Fsp3) is 0.517. The molecule has 206 valence electrons. The first-order valence-corrected chi connectivity index (χ1v) is 14.0. The second-order valence-electron chi connectivity index (χ2n) is 10.7. The second kappa shape index (κ2) is 12.5. The van der Waals surface area contributed by atoms with Crippen molar-refractivity contribution in [1.29, 1.82) is 0 Å². The highest BCUT2D eigenvalue weighted by Gasteiger charge is 2.47. The third-order valence-electron chi connectivity index (χ3n) is 8.29. The van der Waals surface area contributed by atoms with Crippen LogP contribution in [0.3, 0.4) is 0 Å². The maximum Gasteiger partial charge on any atom is 0.229 e. The number of hydrogen-bond donors (Lipinski definition) is 1. The number of hydrogen-bond acceptors (Lipinski definition) is 4. The van der Waals surface area contributed by atoms with Crippen molar-refractivity contribution >= 4 is 47.4 Å². The zero-order valence-electron chi connectivity index (χ0n) is 21.8. The van der Waals surface area contributed by atoms with Crippen LogP contribution in [0.25, 0.3) is 0 Å². The van der Waals surface area contributed by atoms with Crippen LogP contribution in [0.4, 0.5) is 0 Å². The van der Waals surface area contributed by atoms with Crippen molar-refractivity contribution in [3.05, 3.63) is 63.6 Å². The van der Waals surface area contributed by atoms with E-state index in [0.717, 1.165) is 81.6 Å². The third-order valence-corrected chi connectivity index (χ3v) is 9.03. The molecule has 2 aromatic rings. The number of carbonyl (C=O) groups is 2. The van der Waals surface area contributed by atoms with Gasteiger partial charge < -0.3 is 19.9 Å². The maximum absolute atomic E-state index is 13.4. The summed E-state index contributed by atoms with van der Waals surface area (Å²) in [4.78, 5) is 30.4. The number of methoxy groups -OCH3 is 1. The average molecular weight is 581 g/mol. The molecule has 2 aliphatic heterocycles. The Hall–Kier alpha value is -1.99. The Bertz CT molecular complexity index is 1130. The Morgan fingerprint density at radius 3 is 2.37 bits per heavy atom. The van der Waals surface area contributed by atoms with Crippen molar-refractivity contribution in [3.8, 4) is 5.75 Å². The van der Waals surface area contributed by atoms with Crippen LogP contribution in [-0.4, -0.2) is 54.9 Å². The van der Waals surface area contributed by atoms with Crippen LogP contribution in [0.2, 0.25) is 10.0 Å². The summed E-state index contributed by atoms with van der Waals surface area (Å²) in [5, 5.41) is 4.26. The molecule has 2 amide bonds. The number of nitrogens with zero attached hydrogens (tertiary/aromatic N) is 2. The van der Waals surface area contributed by atoms with Crippen LogP contribution in [-0.2, 0) is 16.1 Å². The molecule has 0 aromatic heterocycles. The van der Waals surface area contributed by atoms with Crippen LogP contribution in [0.1, 0.15) is 55.7 Å². The number of piperidine rings is 1. The molecule has 1 spiro atoms. The topological polar surface area (TPSA) is 61.9 Å². The lowest BCUT2D eigenvalue weighted by atomic mass is 9.77. The lowest BCUT2D eigenvalue weighted by molar-refractivity contribution is -0.139. The Morgan fingerprint density at radius 2 is 1.74 bits per heavy atom. The van der Waals surface area contributed by atoms with E-state index in [1.807, 2.05) is 41.3 Å². The molecule has 1 atom stereocenters. The zero-order valence-corrected chi connectivity index (χ0v) is 24.1. The molecule has 2 heterocycles. The Kier molecular flexibility index (Phi) is 9.51. The molecule has 2 saturated heterocycles. The van der Waals surface area contributed by atoms with E-state index in [4.69, 9.17) is 27.9 Å². The molecule has 1 N–H and O–H groups in total. The van der Waals surface area contributed by atoms with Gasteiger partial charge in [0.1, 0.15) is 5.75 Å². The quantitative estimate of drug-likeness (QED) is 0.401. The molecule has 1 unspecified atom stereocenters. The number of halogens is 3. The number of ether oxygens (including phenoxy) is 1. The minimum Gasteiger partial charge on any atom is -0.497 e. The summed E-state index contributed by atoms with van der Waals surface area (Å²) >= 11 is 12.4. The minimum absolute atomic E-state index is 0. The molecule has 38 heavy (non-hydrogen) atoms. The van der Waals surface area contributed by atoms with E-state index in [9.17, 15) is 9.59 Å². The van der Waals surface area contributed by atoms with Gasteiger partial charge in [0.25, 0.3) is 0 Å². The molecular formula is C29H36Cl3N3O3. The summed E-state index contributed by atoms with van der Waals surface area (Å²) in [5.74, 6) is 1.40. The highest BCUT2D eigenvalue weighted by atomic mass is 35.5. The molecule has 1 aliphatic carbocycles. The van der Waals surface area contributed by atoms with Crippen LogP contribution >= 0.6 is 35.6 Å². The summed E-state index contributed by atoms with van der Waals surface area (Å²) < 4.78 is 5.24. The fourth-order valence-electron chi connectivity index (χ4n) is 5.66. The first-order chi connectivity index (χ1) is 17.9. The number of benzene rings is 2. The average Bonchev–Trinajstić information content (AvgIpc) is 3.73. The largest absolute Gasteiger partial charge is 0.497 e. The third kappa shape index (κ3) is 6.59. The van der Waals surface area contributed by atoms with Crippen molar-refractivity contribution in [1.82, 2.24) is 15.1 Å². The first-order valence-electron chi connectivity index (χ1n) is 13.3. The van der Waals surface area contributed by atoms with E-state index >= 15 is 0 Å². The van der Waals surface area contributed by atoms with Gasteiger partial charge in [-0.2, -0.15) is 0 Å². The van der Waals surface area contributed by atoms with Crippen molar-refractivity contribution < 1.29 is 14.3 Å². The number of carbonyl (C=O) groups excluding carboxylic acids is 2. The highest BCUT2D eigenvalue weighted by molar-refractivity contribution is 6.42. The van der Waals surface area contributed by atoms with Gasteiger partial charge in [0.15, 0.2) is 0 Å². The summed E-state index contributed by atoms with van der Waals surface area (Å²) in [6.07, 6.45) is 5.43. The number of likely N-dealkylation sites (tertiary alicyclic amines) is 2. The monoisotopic (exact) mass is 579 g/mol.